The van der Waals surface area contributed by atoms with Crippen LogP contribution in [0.2, 0.25) is 0 Å². The van der Waals surface area contributed by atoms with E-state index in [9.17, 15) is 12.8 Å². The van der Waals surface area contributed by atoms with Gasteiger partial charge in [-0.2, -0.15) is 4.31 Å². The van der Waals surface area contributed by atoms with Crippen LogP contribution in [0.15, 0.2) is 40.6 Å². The van der Waals surface area contributed by atoms with Gasteiger partial charge in [-0.05, 0) is 36.9 Å². The highest BCUT2D eigenvalue weighted by molar-refractivity contribution is 7.91. The molecule has 1 aromatic carbocycles. The van der Waals surface area contributed by atoms with Gasteiger partial charge in [-0.15, -0.1) is 11.3 Å². The van der Waals surface area contributed by atoms with Gasteiger partial charge >= 0.3 is 0 Å². The lowest BCUT2D eigenvalue weighted by atomic mass is 10.2. The summed E-state index contributed by atoms with van der Waals surface area (Å²) in [6.45, 7) is 0.771. The summed E-state index contributed by atoms with van der Waals surface area (Å²) >= 11 is 1.24. The van der Waals surface area contributed by atoms with E-state index in [4.69, 9.17) is 0 Å². The number of benzene rings is 1. The molecule has 2 rings (SSSR count). The summed E-state index contributed by atoms with van der Waals surface area (Å²) in [7, 11) is -0.239. The van der Waals surface area contributed by atoms with E-state index in [2.05, 4.69) is 5.32 Å². The lowest BCUT2D eigenvalue weighted by Crippen LogP contribution is -2.25. The molecule has 7 heteroatoms. The van der Waals surface area contributed by atoms with Crippen molar-refractivity contribution in [1.82, 2.24) is 9.62 Å². The van der Waals surface area contributed by atoms with Crippen LogP contribution in [-0.2, 0) is 23.1 Å². The third-order valence-corrected chi connectivity index (χ3v) is 6.30. The van der Waals surface area contributed by atoms with Crippen LogP contribution >= 0.6 is 11.3 Å². The van der Waals surface area contributed by atoms with Gasteiger partial charge in [0.15, 0.2) is 0 Å². The number of nitrogens with zero attached hydrogens (tertiary/aromatic N) is 1. The normalized spacial score (nSPS) is 12.0. The van der Waals surface area contributed by atoms with Crippen LogP contribution in [0, 0.1) is 5.82 Å². The molecule has 1 aromatic heterocycles. The predicted molar refractivity (Wildman–Crippen MR) is 82.1 cm³/mol. The first-order valence-corrected chi connectivity index (χ1v) is 8.63. The van der Waals surface area contributed by atoms with Gasteiger partial charge in [0, 0.05) is 25.0 Å². The van der Waals surface area contributed by atoms with E-state index in [0.717, 1.165) is 4.88 Å². The fourth-order valence-corrected chi connectivity index (χ4v) is 4.63. The molecule has 0 amide bonds. The van der Waals surface area contributed by atoms with E-state index in [0.29, 0.717) is 16.3 Å². The van der Waals surface area contributed by atoms with Crippen LogP contribution in [0.25, 0.3) is 0 Å². The molecule has 0 bridgehead atoms. The number of hydrogen-bond acceptors (Lipinski definition) is 4. The van der Waals surface area contributed by atoms with Gasteiger partial charge < -0.3 is 5.32 Å². The van der Waals surface area contributed by atoms with Crippen LogP contribution in [-0.4, -0.2) is 26.8 Å². The molecule has 0 spiro atoms. The number of nitrogens with one attached hydrogen (secondary N) is 1. The van der Waals surface area contributed by atoms with Gasteiger partial charge in [0.1, 0.15) is 10.0 Å². The Morgan fingerprint density at radius 3 is 2.71 bits per heavy atom. The molecule has 0 atom stereocenters. The second-order valence-corrected chi connectivity index (χ2v) is 8.08. The summed E-state index contributed by atoms with van der Waals surface area (Å²) in [6.07, 6.45) is 0. The lowest BCUT2D eigenvalue weighted by Gasteiger charge is -2.16. The van der Waals surface area contributed by atoms with Crippen LogP contribution in [0.1, 0.15) is 10.4 Å². The molecule has 0 unspecified atom stereocenters. The molecule has 4 nitrogen and oxygen atoms in total. The number of sulfonamides is 1. The molecule has 0 aliphatic carbocycles. The minimum atomic E-state index is -3.55. The van der Waals surface area contributed by atoms with Crippen molar-refractivity contribution in [1.29, 1.82) is 0 Å². The van der Waals surface area contributed by atoms with Gasteiger partial charge in [-0.1, -0.05) is 12.1 Å². The standard InChI is InChI=1S/C14H17FN2O2S2/c1-16-9-13-6-7-14(20-13)21(18,19)17(2)10-11-4-3-5-12(15)8-11/h3-8,16H,9-10H2,1-2H3. The second kappa shape index (κ2) is 6.65. The molecule has 0 saturated heterocycles. The predicted octanol–water partition coefficient (Wildman–Crippen LogP) is 2.43. The zero-order valence-corrected chi connectivity index (χ0v) is 13.5. The second-order valence-electron chi connectivity index (χ2n) is 4.64. The van der Waals surface area contributed by atoms with Crippen molar-refractivity contribution in [3.63, 3.8) is 0 Å². The first-order chi connectivity index (χ1) is 9.93. The Morgan fingerprint density at radius 1 is 1.29 bits per heavy atom. The van der Waals surface area contributed by atoms with Crippen LogP contribution in [0.3, 0.4) is 0 Å². The van der Waals surface area contributed by atoms with Crippen molar-refractivity contribution in [3.8, 4) is 0 Å². The van der Waals surface area contributed by atoms with Crippen molar-refractivity contribution >= 4 is 21.4 Å². The van der Waals surface area contributed by atoms with Gasteiger partial charge in [-0.3, -0.25) is 0 Å². The average Bonchev–Trinajstić information content (AvgIpc) is 2.88. The molecule has 114 valence electrons. The van der Waals surface area contributed by atoms with E-state index in [1.807, 2.05) is 7.05 Å². The fourth-order valence-electron chi connectivity index (χ4n) is 1.90. The average molecular weight is 328 g/mol. The van der Waals surface area contributed by atoms with Gasteiger partial charge in [0.05, 0.1) is 0 Å². The SMILES string of the molecule is CNCc1ccc(S(=O)(=O)N(C)Cc2cccc(F)c2)s1. The summed E-state index contributed by atoms with van der Waals surface area (Å²) in [5, 5.41) is 2.98. The zero-order valence-electron chi connectivity index (χ0n) is 11.8. The molecule has 0 radical (unpaired) electrons. The Balaban J connectivity index is 2.17. The van der Waals surface area contributed by atoms with Crippen LogP contribution < -0.4 is 5.32 Å². The Morgan fingerprint density at radius 2 is 2.05 bits per heavy atom. The molecule has 0 aliphatic rings. The minimum Gasteiger partial charge on any atom is -0.315 e. The summed E-state index contributed by atoms with van der Waals surface area (Å²) in [5.74, 6) is -0.370. The first-order valence-electron chi connectivity index (χ1n) is 6.37. The molecule has 2 aromatic rings. The maximum absolute atomic E-state index is 13.2. The number of thiophene rings is 1. The summed E-state index contributed by atoms with van der Waals surface area (Å²) in [6, 6.07) is 9.35. The Bertz CT molecular complexity index is 713. The number of halogens is 1. The summed E-state index contributed by atoms with van der Waals surface area (Å²) < 4.78 is 39.6. The lowest BCUT2D eigenvalue weighted by molar-refractivity contribution is 0.467. The van der Waals surface area contributed by atoms with E-state index in [1.165, 1.54) is 34.8 Å². The van der Waals surface area contributed by atoms with Crippen molar-refractivity contribution in [2.75, 3.05) is 14.1 Å². The van der Waals surface area contributed by atoms with Gasteiger partial charge in [0.25, 0.3) is 10.0 Å². The summed E-state index contributed by atoms with van der Waals surface area (Å²) in [5.41, 5.74) is 0.619. The quantitative estimate of drug-likeness (QED) is 0.886. The minimum absolute atomic E-state index is 0.138. The smallest absolute Gasteiger partial charge is 0.252 e. The van der Waals surface area contributed by atoms with Crippen molar-refractivity contribution in [2.45, 2.75) is 17.3 Å². The highest BCUT2D eigenvalue weighted by Crippen LogP contribution is 2.25. The van der Waals surface area contributed by atoms with E-state index < -0.39 is 10.0 Å². The maximum Gasteiger partial charge on any atom is 0.252 e. The Labute approximate surface area is 128 Å². The largest absolute Gasteiger partial charge is 0.315 e. The van der Waals surface area contributed by atoms with E-state index in [-0.39, 0.29) is 12.4 Å². The van der Waals surface area contributed by atoms with Gasteiger partial charge in [-0.25, -0.2) is 12.8 Å². The molecule has 0 fully saturated rings. The number of hydrogen-bond donors (Lipinski definition) is 1. The molecular weight excluding hydrogens is 311 g/mol. The molecule has 1 heterocycles. The first kappa shape index (κ1) is 16.1. The molecule has 1 N–H and O–H groups in total. The molecule has 0 saturated carbocycles. The highest BCUT2D eigenvalue weighted by Gasteiger charge is 2.23. The fraction of sp³-hybridized carbons (Fsp3) is 0.286. The zero-order chi connectivity index (χ0) is 15.5. The Kier molecular flexibility index (Phi) is 5.10. The molecular formula is C14H17FN2O2S2. The number of rotatable bonds is 6. The third-order valence-electron chi connectivity index (χ3n) is 2.95. The van der Waals surface area contributed by atoms with Gasteiger partial charge in [0.2, 0.25) is 0 Å². The van der Waals surface area contributed by atoms with Crippen molar-refractivity contribution < 1.29 is 12.8 Å². The highest BCUT2D eigenvalue weighted by atomic mass is 32.2. The van der Waals surface area contributed by atoms with Crippen molar-refractivity contribution in [3.05, 3.63) is 52.7 Å². The maximum atomic E-state index is 13.2. The molecule has 0 aliphatic heterocycles. The van der Waals surface area contributed by atoms with Crippen molar-refractivity contribution in [2.24, 2.45) is 0 Å². The summed E-state index contributed by atoms with van der Waals surface area (Å²) in [4.78, 5) is 0.954. The van der Waals surface area contributed by atoms with E-state index in [1.54, 1.807) is 24.3 Å². The van der Waals surface area contributed by atoms with Crippen LogP contribution in [0.5, 0.6) is 0 Å². The van der Waals surface area contributed by atoms with E-state index >= 15 is 0 Å². The third kappa shape index (κ3) is 3.88. The van der Waals surface area contributed by atoms with Crippen LogP contribution in [0.4, 0.5) is 4.39 Å². The Hall–Kier alpha value is -1.28. The molecule has 21 heavy (non-hydrogen) atoms. The topological polar surface area (TPSA) is 49.4 Å². The monoisotopic (exact) mass is 328 g/mol.